The molecule has 6 nitrogen and oxygen atoms in total. The average Bonchev–Trinajstić information content (AvgIpc) is 2.85. The number of ether oxygens (including phenoxy) is 1. The Labute approximate surface area is 246 Å². The van der Waals surface area contributed by atoms with E-state index >= 15 is 0 Å². The summed E-state index contributed by atoms with van der Waals surface area (Å²) in [6.07, 6.45) is 3.64. The summed E-state index contributed by atoms with van der Waals surface area (Å²) in [5.41, 5.74) is 3.19. The summed E-state index contributed by atoms with van der Waals surface area (Å²) >= 11 is 19.1. The first-order valence-electron chi connectivity index (χ1n) is 11.3. The molecule has 4 amide bonds. The molecule has 3 aromatic carbocycles. The minimum atomic E-state index is -0.807. The molecule has 1 aliphatic rings. The van der Waals surface area contributed by atoms with Crippen LogP contribution in [-0.2, 0) is 22.6 Å². The van der Waals surface area contributed by atoms with Crippen LogP contribution >= 0.6 is 55.1 Å². The van der Waals surface area contributed by atoms with Gasteiger partial charge in [-0.25, -0.2) is 9.69 Å². The van der Waals surface area contributed by atoms with Gasteiger partial charge in [0.25, 0.3) is 11.8 Å². The molecular formula is C28H20Br2Cl2N2O4. The quantitative estimate of drug-likeness (QED) is 0.157. The second-order valence-corrected chi connectivity index (χ2v) is 10.9. The number of amides is 4. The Bertz CT molecular complexity index is 1520. The van der Waals surface area contributed by atoms with E-state index in [9.17, 15) is 14.4 Å². The SMILES string of the molecule is C=CCc1cc(/C=C2\C(=O)NC(=O)N(c3ccc(Br)c(C)c3)C2=O)cc(Br)c1OCc1ccc(Cl)c(Cl)c1. The van der Waals surface area contributed by atoms with E-state index in [-0.39, 0.29) is 12.2 Å². The Morgan fingerprint density at radius 3 is 2.45 bits per heavy atom. The van der Waals surface area contributed by atoms with Crippen LogP contribution in [0.15, 0.2) is 75.7 Å². The number of anilines is 1. The van der Waals surface area contributed by atoms with Gasteiger partial charge in [-0.2, -0.15) is 0 Å². The Kier molecular flexibility index (Phi) is 8.78. The smallest absolute Gasteiger partial charge is 0.335 e. The van der Waals surface area contributed by atoms with Gasteiger partial charge in [-0.3, -0.25) is 14.9 Å². The maximum absolute atomic E-state index is 13.3. The van der Waals surface area contributed by atoms with Gasteiger partial charge in [0, 0.05) is 4.47 Å². The molecule has 194 valence electrons. The molecule has 1 aliphatic heterocycles. The van der Waals surface area contributed by atoms with Crippen molar-refractivity contribution >= 4 is 84.7 Å². The standard InChI is InChI=1S/C28H20Br2Cl2N2O4/c1-3-4-18-10-17(12-22(30)25(18)38-14-16-5-8-23(31)24(32)13-16)11-20-26(35)33-28(37)34(27(20)36)19-6-7-21(29)15(2)9-19/h3,5-13H,1,4,14H2,2H3,(H,33,35,37)/b20-11+. The zero-order valence-electron chi connectivity index (χ0n) is 20.0. The van der Waals surface area contributed by atoms with Gasteiger partial charge < -0.3 is 4.74 Å². The van der Waals surface area contributed by atoms with Crippen LogP contribution in [0.1, 0.15) is 22.3 Å². The summed E-state index contributed by atoms with van der Waals surface area (Å²) in [6, 6.07) is 13.0. The number of aryl methyl sites for hydroxylation is 1. The number of benzene rings is 3. The second kappa shape index (κ2) is 11.9. The maximum atomic E-state index is 13.3. The first-order valence-corrected chi connectivity index (χ1v) is 13.6. The van der Waals surface area contributed by atoms with Crippen LogP contribution in [-0.4, -0.2) is 17.8 Å². The molecule has 0 aromatic heterocycles. The Balaban J connectivity index is 1.66. The van der Waals surface area contributed by atoms with E-state index in [1.54, 1.807) is 48.5 Å². The van der Waals surface area contributed by atoms with Crippen molar-refractivity contribution < 1.29 is 19.1 Å². The predicted molar refractivity (Wildman–Crippen MR) is 157 cm³/mol. The van der Waals surface area contributed by atoms with Crippen molar-refractivity contribution in [2.45, 2.75) is 20.0 Å². The lowest BCUT2D eigenvalue weighted by Gasteiger charge is -2.26. The van der Waals surface area contributed by atoms with E-state index in [1.165, 1.54) is 6.08 Å². The summed E-state index contributed by atoms with van der Waals surface area (Å²) in [6.45, 7) is 5.90. The number of hydrogen-bond acceptors (Lipinski definition) is 4. The van der Waals surface area contributed by atoms with Crippen molar-refractivity contribution in [1.29, 1.82) is 0 Å². The fourth-order valence-electron chi connectivity index (χ4n) is 3.84. The van der Waals surface area contributed by atoms with Gasteiger partial charge in [-0.1, -0.05) is 51.3 Å². The molecule has 1 fully saturated rings. The number of nitrogens with one attached hydrogen (secondary N) is 1. The third-order valence-corrected chi connectivity index (χ3v) is 7.90. The number of carbonyl (C=O) groups is 3. The largest absolute Gasteiger partial charge is 0.487 e. The molecule has 0 radical (unpaired) electrons. The van der Waals surface area contributed by atoms with Crippen LogP contribution in [0.3, 0.4) is 0 Å². The molecule has 0 bridgehead atoms. The molecule has 38 heavy (non-hydrogen) atoms. The lowest BCUT2D eigenvalue weighted by atomic mass is 10.0. The molecule has 1 heterocycles. The molecule has 4 rings (SSSR count). The topological polar surface area (TPSA) is 75.7 Å². The van der Waals surface area contributed by atoms with E-state index in [0.29, 0.717) is 37.9 Å². The van der Waals surface area contributed by atoms with Crippen LogP contribution in [0.2, 0.25) is 10.0 Å². The Hall–Kier alpha value is -2.91. The number of rotatable bonds is 7. The number of halogens is 4. The Morgan fingerprint density at radius 1 is 1.00 bits per heavy atom. The molecule has 0 unspecified atom stereocenters. The van der Waals surface area contributed by atoms with Crippen LogP contribution in [0.25, 0.3) is 6.08 Å². The number of carbonyl (C=O) groups excluding carboxylic acids is 3. The molecule has 10 heteroatoms. The van der Waals surface area contributed by atoms with Crippen molar-refractivity contribution in [2.24, 2.45) is 0 Å². The molecular weight excluding hydrogens is 659 g/mol. The summed E-state index contributed by atoms with van der Waals surface area (Å²) < 4.78 is 7.53. The van der Waals surface area contributed by atoms with Gasteiger partial charge in [0.1, 0.15) is 17.9 Å². The van der Waals surface area contributed by atoms with Gasteiger partial charge in [-0.15, -0.1) is 6.58 Å². The lowest BCUT2D eigenvalue weighted by molar-refractivity contribution is -0.122. The average molecular weight is 679 g/mol. The van der Waals surface area contributed by atoms with E-state index in [1.807, 2.05) is 13.0 Å². The number of imide groups is 2. The third kappa shape index (κ3) is 6.04. The highest BCUT2D eigenvalue weighted by Crippen LogP contribution is 2.34. The number of barbiturate groups is 1. The van der Waals surface area contributed by atoms with E-state index in [2.05, 4.69) is 43.8 Å². The van der Waals surface area contributed by atoms with Crippen molar-refractivity contribution in [3.05, 3.63) is 108 Å². The zero-order chi connectivity index (χ0) is 27.6. The summed E-state index contributed by atoms with van der Waals surface area (Å²) in [5.74, 6) is -0.909. The van der Waals surface area contributed by atoms with Crippen LogP contribution < -0.4 is 15.0 Å². The van der Waals surface area contributed by atoms with Crippen LogP contribution in [0, 0.1) is 6.92 Å². The van der Waals surface area contributed by atoms with Crippen LogP contribution in [0.4, 0.5) is 10.5 Å². The fourth-order valence-corrected chi connectivity index (χ4v) is 5.04. The number of urea groups is 1. The number of allylic oxidation sites excluding steroid dienone is 1. The van der Waals surface area contributed by atoms with Gasteiger partial charge in [-0.05, 0) is 100 Å². The highest BCUT2D eigenvalue weighted by atomic mass is 79.9. The molecule has 0 atom stereocenters. The Morgan fingerprint density at radius 2 is 1.76 bits per heavy atom. The molecule has 3 aromatic rings. The first kappa shape index (κ1) is 28.1. The highest BCUT2D eigenvalue weighted by Gasteiger charge is 2.37. The first-order chi connectivity index (χ1) is 18.1. The summed E-state index contributed by atoms with van der Waals surface area (Å²) in [7, 11) is 0. The second-order valence-electron chi connectivity index (χ2n) is 8.41. The molecule has 0 spiro atoms. The minimum Gasteiger partial charge on any atom is -0.487 e. The number of hydrogen-bond donors (Lipinski definition) is 1. The van der Waals surface area contributed by atoms with Crippen molar-refractivity contribution in [1.82, 2.24) is 5.32 Å². The van der Waals surface area contributed by atoms with Crippen molar-refractivity contribution in [2.75, 3.05) is 4.90 Å². The van der Waals surface area contributed by atoms with Gasteiger partial charge in [0.2, 0.25) is 0 Å². The molecule has 1 saturated heterocycles. The lowest BCUT2D eigenvalue weighted by Crippen LogP contribution is -2.54. The fraction of sp³-hybridized carbons (Fsp3) is 0.107. The van der Waals surface area contributed by atoms with Crippen molar-refractivity contribution in [3.8, 4) is 5.75 Å². The van der Waals surface area contributed by atoms with Gasteiger partial charge in [0.15, 0.2) is 0 Å². The summed E-state index contributed by atoms with van der Waals surface area (Å²) in [4.78, 5) is 39.5. The molecule has 0 saturated carbocycles. The summed E-state index contributed by atoms with van der Waals surface area (Å²) in [5, 5.41) is 3.14. The maximum Gasteiger partial charge on any atom is 0.335 e. The predicted octanol–water partition coefficient (Wildman–Crippen LogP) is 7.80. The van der Waals surface area contributed by atoms with E-state index in [4.69, 9.17) is 27.9 Å². The number of nitrogens with zero attached hydrogens (tertiary/aromatic N) is 1. The monoisotopic (exact) mass is 676 g/mol. The van der Waals surface area contributed by atoms with Crippen LogP contribution in [0.5, 0.6) is 5.75 Å². The molecule has 0 aliphatic carbocycles. The molecule has 1 N–H and O–H groups in total. The zero-order valence-corrected chi connectivity index (χ0v) is 24.7. The van der Waals surface area contributed by atoms with Crippen molar-refractivity contribution in [3.63, 3.8) is 0 Å². The highest BCUT2D eigenvalue weighted by molar-refractivity contribution is 9.10. The third-order valence-electron chi connectivity index (χ3n) is 5.69. The normalized spacial score (nSPS) is 14.6. The van der Waals surface area contributed by atoms with Gasteiger partial charge in [0.05, 0.1) is 20.2 Å². The van der Waals surface area contributed by atoms with E-state index in [0.717, 1.165) is 26.1 Å². The minimum absolute atomic E-state index is 0.175. The van der Waals surface area contributed by atoms with Gasteiger partial charge >= 0.3 is 6.03 Å². The van der Waals surface area contributed by atoms with E-state index < -0.39 is 17.8 Å².